The third-order valence-electron chi connectivity index (χ3n) is 5.37. The molecule has 2 aliphatic rings. The molecule has 0 atom stereocenters. The van der Waals surface area contributed by atoms with E-state index in [1.807, 2.05) is 23.4 Å². The number of imidazole rings is 1. The van der Waals surface area contributed by atoms with Crippen molar-refractivity contribution < 1.29 is 4.79 Å². The maximum Gasteiger partial charge on any atom is 0.255 e. The van der Waals surface area contributed by atoms with Crippen molar-refractivity contribution in [1.29, 1.82) is 5.26 Å². The second kappa shape index (κ2) is 6.60. The zero-order valence-corrected chi connectivity index (χ0v) is 15.3. The molecule has 0 spiro atoms. The van der Waals surface area contributed by atoms with E-state index in [4.69, 9.17) is 5.26 Å². The van der Waals surface area contributed by atoms with Crippen molar-refractivity contribution in [3.63, 3.8) is 0 Å². The summed E-state index contributed by atoms with van der Waals surface area (Å²) in [7, 11) is 0. The van der Waals surface area contributed by atoms with Crippen molar-refractivity contribution in [2.24, 2.45) is 0 Å². The molecule has 1 amide bonds. The first kappa shape index (κ1) is 16.7. The summed E-state index contributed by atoms with van der Waals surface area (Å²) in [5.74, 6) is 0.822. The van der Waals surface area contributed by atoms with Gasteiger partial charge in [0.15, 0.2) is 5.65 Å². The second-order valence-corrected chi connectivity index (χ2v) is 7.25. The largest absolute Gasteiger partial charge is 0.353 e. The Kier molecular flexibility index (Phi) is 3.93. The number of amides is 1. The summed E-state index contributed by atoms with van der Waals surface area (Å²) in [5.41, 5.74) is 2.76. The third-order valence-corrected chi connectivity index (χ3v) is 5.37. The zero-order chi connectivity index (χ0) is 19.1. The van der Waals surface area contributed by atoms with Crippen LogP contribution in [0.3, 0.4) is 0 Å². The average molecular weight is 373 g/mol. The van der Waals surface area contributed by atoms with Crippen LogP contribution in [0.4, 0.5) is 5.82 Å². The van der Waals surface area contributed by atoms with E-state index < -0.39 is 0 Å². The van der Waals surface area contributed by atoms with Gasteiger partial charge in [0.25, 0.3) is 5.91 Å². The molecule has 0 aromatic carbocycles. The smallest absolute Gasteiger partial charge is 0.255 e. The molecule has 1 aliphatic heterocycles. The van der Waals surface area contributed by atoms with Gasteiger partial charge in [0.05, 0.1) is 17.5 Å². The molecule has 140 valence electrons. The van der Waals surface area contributed by atoms with Gasteiger partial charge in [-0.25, -0.2) is 15.0 Å². The lowest BCUT2D eigenvalue weighted by Gasteiger charge is -2.35. The van der Waals surface area contributed by atoms with Crippen molar-refractivity contribution in [2.45, 2.75) is 18.9 Å². The fraction of sp³-hybridized carbons (Fsp3) is 0.350. The normalized spacial score (nSPS) is 17.0. The molecular formula is C20H19N7O. The van der Waals surface area contributed by atoms with Crippen LogP contribution in [0.2, 0.25) is 0 Å². The number of carbonyl (C=O) groups is 1. The molecule has 0 unspecified atom stereocenters. The molecule has 0 radical (unpaired) electrons. The van der Waals surface area contributed by atoms with E-state index >= 15 is 0 Å². The molecule has 8 heteroatoms. The van der Waals surface area contributed by atoms with Gasteiger partial charge in [-0.1, -0.05) is 0 Å². The Morgan fingerprint density at radius 3 is 2.57 bits per heavy atom. The molecule has 1 aliphatic carbocycles. The van der Waals surface area contributed by atoms with Crippen LogP contribution < -0.4 is 4.90 Å². The molecule has 5 rings (SSSR count). The summed E-state index contributed by atoms with van der Waals surface area (Å²) >= 11 is 0. The molecule has 8 nitrogen and oxygen atoms in total. The van der Waals surface area contributed by atoms with Gasteiger partial charge in [-0.15, -0.1) is 0 Å². The molecule has 0 bridgehead atoms. The standard InChI is InChI=1S/C20H19N7O/c21-10-14-1-4-18(22-11-14)25-5-7-26(8-6-25)20(28)15-9-17-19(23-12-15)27(13-24-17)16-2-3-16/h1,4,9,11-13,16H,2-3,5-8H2. The van der Waals surface area contributed by atoms with Gasteiger partial charge in [0.1, 0.15) is 17.4 Å². The predicted molar refractivity (Wildman–Crippen MR) is 103 cm³/mol. The van der Waals surface area contributed by atoms with Crippen LogP contribution in [0.15, 0.2) is 36.9 Å². The lowest BCUT2D eigenvalue weighted by atomic mass is 10.2. The number of anilines is 1. The van der Waals surface area contributed by atoms with Gasteiger partial charge in [-0.3, -0.25) is 4.79 Å². The Hall–Kier alpha value is -3.47. The summed E-state index contributed by atoms with van der Waals surface area (Å²) in [5, 5.41) is 8.88. The maximum atomic E-state index is 12.9. The zero-order valence-electron chi connectivity index (χ0n) is 15.3. The molecule has 4 heterocycles. The van der Waals surface area contributed by atoms with E-state index in [9.17, 15) is 4.79 Å². The van der Waals surface area contributed by atoms with Crippen molar-refractivity contribution >= 4 is 22.9 Å². The van der Waals surface area contributed by atoms with Crippen molar-refractivity contribution in [3.8, 4) is 6.07 Å². The number of nitrogens with zero attached hydrogens (tertiary/aromatic N) is 7. The van der Waals surface area contributed by atoms with Gasteiger partial charge < -0.3 is 14.4 Å². The summed E-state index contributed by atoms with van der Waals surface area (Å²) < 4.78 is 2.10. The van der Waals surface area contributed by atoms with E-state index in [1.54, 1.807) is 18.5 Å². The topological polar surface area (TPSA) is 90.9 Å². The summed E-state index contributed by atoms with van der Waals surface area (Å²) in [6.07, 6.45) is 7.42. The van der Waals surface area contributed by atoms with Crippen LogP contribution in [-0.4, -0.2) is 56.5 Å². The first-order chi connectivity index (χ1) is 13.7. The van der Waals surface area contributed by atoms with Gasteiger partial charge in [-0.05, 0) is 31.0 Å². The first-order valence-electron chi connectivity index (χ1n) is 9.46. The number of carbonyl (C=O) groups excluding carboxylic acids is 1. The van der Waals surface area contributed by atoms with Crippen LogP contribution >= 0.6 is 0 Å². The number of rotatable bonds is 3. The maximum absolute atomic E-state index is 12.9. The van der Waals surface area contributed by atoms with E-state index in [0.29, 0.717) is 43.3 Å². The highest BCUT2D eigenvalue weighted by Crippen LogP contribution is 2.36. The highest BCUT2D eigenvalue weighted by molar-refractivity contribution is 5.96. The third kappa shape index (κ3) is 2.95. The average Bonchev–Trinajstić information content (AvgIpc) is 3.52. The van der Waals surface area contributed by atoms with Crippen molar-refractivity contribution in [1.82, 2.24) is 24.4 Å². The minimum atomic E-state index is -0.0113. The number of fused-ring (bicyclic) bond motifs is 1. The molecule has 1 saturated carbocycles. The number of piperazine rings is 1. The van der Waals surface area contributed by atoms with E-state index in [0.717, 1.165) is 17.0 Å². The fourth-order valence-corrected chi connectivity index (χ4v) is 3.62. The Labute approximate surface area is 162 Å². The summed E-state index contributed by atoms with van der Waals surface area (Å²) in [6, 6.07) is 8.05. The van der Waals surface area contributed by atoms with E-state index in [-0.39, 0.29) is 5.91 Å². The number of aromatic nitrogens is 4. The molecule has 1 saturated heterocycles. The highest BCUT2D eigenvalue weighted by atomic mass is 16.2. The minimum Gasteiger partial charge on any atom is -0.353 e. The Balaban J connectivity index is 1.27. The monoisotopic (exact) mass is 373 g/mol. The van der Waals surface area contributed by atoms with Gasteiger partial charge in [-0.2, -0.15) is 5.26 Å². The van der Waals surface area contributed by atoms with Crippen LogP contribution in [0.1, 0.15) is 34.8 Å². The minimum absolute atomic E-state index is 0.0113. The molecule has 0 N–H and O–H groups in total. The quantitative estimate of drug-likeness (QED) is 0.697. The van der Waals surface area contributed by atoms with Crippen molar-refractivity contribution in [2.75, 3.05) is 31.1 Å². The van der Waals surface area contributed by atoms with Crippen LogP contribution in [0, 0.1) is 11.3 Å². The lowest BCUT2D eigenvalue weighted by molar-refractivity contribution is 0.0746. The molecular weight excluding hydrogens is 354 g/mol. The van der Waals surface area contributed by atoms with Crippen LogP contribution in [0.25, 0.3) is 11.2 Å². The Morgan fingerprint density at radius 1 is 1.07 bits per heavy atom. The van der Waals surface area contributed by atoms with Crippen molar-refractivity contribution in [3.05, 3.63) is 48.0 Å². The second-order valence-electron chi connectivity index (χ2n) is 7.25. The lowest BCUT2D eigenvalue weighted by Crippen LogP contribution is -2.49. The Morgan fingerprint density at radius 2 is 1.89 bits per heavy atom. The van der Waals surface area contributed by atoms with Gasteiger partial charge >= 0.3 is 0 Å². The summed E-state index contributed by atoms with van der Waals surface area (Å²) in [4.78, 5) is 30.1. The number of nitriles is 1. The SMILES string of the molecule is N#Cc1ccc(N2CCN(C(=O)c3cnc4c(c3)ncn4C3CC3)CC2)nc1. The number of hydrogen-bond acceptors (Lipinski definition) is 6. The molecule has 2 fully saturated rings. The predicted octanol–water partition coefficient (Wildman–Crippen LogP) is 2.00. The van der Waals surface area contributed by atoms with Gasteiger partial charge in [0.2, 0.25) is 0 Å². The highest BCUT2D eigenvalue weighted by Gasteiger charge is 2.27. The molecule has 28 heavy (non-hydrogen) atoms. The number of hydrogen-bond donors (Lipinski definition) is 0. The van der Waals surface area contributed by atoms with E-state index in [2.05, 4.69) is 30.5 Å². The Bertz CT molecular complexity index is 1070. The number of pyridine rings is 2. The molecule has 3 aromatic rings. The fourth-order valence-electron chi connectivity index (χ4n) is 3.62. The summed E-state index contributed by atoms with van der Waals surface area (Å²) in [6.45, 7) is 2.65. The van der Waals surface area contributed by atoms with Crippen LogP contribution in [0.5, 0.6) is 0 Å². The van der Waals surface area contributed by atoms with Crippen LogP contribution in [-0.2, 0) is 0 Å². The molecule has 3 aromatic heterocycles. The van der Waals surface area contributed by atoms with E-state index in [1.165, 1.54) is 12.8 Å². The van der Waals surface area contributed by atoms with Gasteiger partial charge in [0, 0.05) is 44.6 Å². The first-order valence-corrected chi connectivity index (χ1v) is 9.46.